The molecule has 104 valence electrons. The summed E-state index contributed by atoms with van der Waals surface area (Å²) in [6, 6.07) is 13.2. The van der Waals surface area contributed by atoms with Crippen LogP contribution in [0.3, 0.4) is 0 Å². The summed E-state index contributed by atoms with van der Waals surface area (Å²) >= 11 is 0. The number of benzene rings is 2. The zero-order valence-electron chi connectivity index (χ0n) is 11.5. The van der Waals surface area contributed by atoms with Crippen LogP contribution in [0.4, 0.5) is 5.69 Å². The molecule has 0 atom stereocenters. The third kappa shape index (κ3) is 5.44. The smallest absolute Gasteiger partial charge is 0.870 e. The molecule has 1 amide bonds. The monoisotopic (exact) mass is 310 g/mol. The minimum atomic E-state index is -0.293. The summed E-state index contributed by atoms with van der Waals surface area (Å²) in [6.45, 7) is -0.143. The van der Waals surface area contributed by atoms with Gasteiger partial charge in [-0.1, -0.05) is 18.2 Å². The van der Waals surface area contributed by atoms with Gasteiger partial charge >= 0.3 is 51.4 Å². The maximum absolute atomic E-state index is 12.0. The van der Waals surface area contributed by atoms with Crippen LogP contribution in [0.2, 0.25) is 0 Å². The summed E-state index contributed by atoms with van der Waals surface area (Å²) in [7, 11) is 0. The Balaban J connectivity index is 0.00000200. The van der Waals surface area contributed by atoms with Gasteiger partial charge in [0.1, 0.15) is 0 Å². The fourth-order valence-corrected chi connectivity index (χ4v) is 1.66. The Hall–Kier alpha value is -0.864. The number of carbonyl (C=O) groups excluding carboxylic acids is 2. The molecule has 6 heteroatoms. The molecule has 2 aromatic carbocycles. The van der Waals surface area contributed by atoms with Crippen molar-refractivity contribution < 1.29 is 71.6 Å². The fraction of sp³-hybridized carbons (Fsp3) is 0.0667. The largest absolute Gasteiger partial charge is 1.00 e. The Morgan fingerprint density at radius 1 is 1.10 bits per heavy atom. The average Bonchev–Trinajstić information content (AvgIpc) is 2.48. The van der Waals surface area contributed by atoms with Gasteiger partial charge in [0.25, 0.3) is 5.91 Å². The van der Waals surface area contributed by atoms with Crippen LogP contribution < -0.4 is 56.7 Å². The second-order valence-corrected chi connectivity index (χ2v) is 3.95. The van der Waals surface area contributed by atoms with Crippen molar-refractivity contribution in [1.82, 2.24) is 0 Å². The summed E-state index contributed by atoms with van der Waals surface area (Å²) in [6.07, 6.45) is 1.75. The zero-order valence-corrected chi connectivity index (χ0v) is 14.7. The summed E-state index contributed by atoms with van der Waals surface area (Å²) < 4.78 is 0. The van der Waals surface area contributed by atoms with Crippen molar-refractivity contribution in [3.8, 4) is 0 Å². The Morgan fingerprint density at radius 3 is 2.29 bits per heavy atom. The van der Waals surface area contributed by atoms with E-state index in [0.717, 1.165) is 0 Å². The van der Waals surface area contributed by atoms with E-state index in [1.165, 1.54) is 12.1 Å². The van der Waals surface area contributed by atoms with E-state index in [-0.39, 0.29) is 69.4 Å². The molecular weight excluding hydrogens is 297 g/mol. The van der Waals surface area contributed by atoms with Crippen molar-refractivity contribution in [3.05, 3.63) is 65.2 Å². The Labute approximate surface area is 165 Å². The minimum Gasteiger partial charge on any atom is -0.870 e. The average molecular weight is 310 g/mol. The van der Waals surface area contributed by atoms with Gasteiger partial charge in [0.05, 0.1) is 12.9 Å². The van der Waals surface area contributed by atoms with E-state index >= 15 is 0 Å². The van der Waals surface area contributed by atoms with Crippen LogP contribution in [-0.2, 0) is 11.4 Å². The molecule has 0 aliphatic carbocycles. The summed E-state index contributed by atoms with van der Waals surface area (Å²) in [4.78, 5) is 22.4. The van der Waals surface area contributed by atoms with Gasteiger partial charge in [-0.25, -0.2) is 0 Å². The van der Waals surface area contributed by atoms with Crippen LogP contribution in [-0.4, -0.2) is 22.8 Å². The van der Waals surface area contributed by atoms with Crippen LogP contribution in [0.1, 0.15) is 21.5 Å². The van der Waals surface area contributed by atoms with E-state index in [9.17, 15) is 14.7 Å². The van der Waals surface area contributed by atoms with Gasteiger partial charge in [0, 0.05) is 16.8 Å². The molecule has 0 aliphatic rings. The van der Waals surface area contributed by atoms with Crippen molar-refractivity contribution in [1.29, 1.82) is 0 Å². The maximum Gasteiger partial charge on any atom is 1.00 e. The molecule has 0 radical (unpaired) electrons. The molecule has 0 unspecified atom stereocenters. The van der Waals surface area contributed by atoms with Gasteiger partial charge < -0.3 is 20.7 Å². The van der Waals surface area contributed by atoms with E-state index in [1.807, 2.05) is 0 Å². The van der Waals surface area contributed by atoms with Crippen molar-refractivity contribution >= 4 is 17.9 Å². The predicted octanol–water partition coefficient (Wildman–Crippen LogP) is -1.28. The van der Waals surface area contributed by atoms with Gasteiger partial charge in [-0.15, -0.1) is 12.1 Å². The molecule has 2 aromatic rings. The number of aliphatic hydroxyl groups is 1. The molecular formula is C15H13KNO4-. The molecule has 5 nitrogen and oxygen atoms in total. The summed E-state index contributed by atoms with van der Waals surface area (Å²) in [5.41, 5.74) is 2.05. The molecule has 0 saturated carbocycles. The third-order valence-electron chi connectivity index (χ3n) is 2.70. The number of para-hydroxylation sites is 1. The predicted molar refractivity (Wildman–Crippen MR) is 73.5 cm³/mol. The minimum absolute atomic E-state index is 0. The van der Waals surface area contributed by atoms with Gasteiger partial charge in [0.15, 0.2) is 0 Å². The summed E-state index contributed by atoms with van der Waals surface area (Å²) in [5.74, 6) is -0.293. The first-order chi connectivity index (χ1) is 9.24. The number of anilines is 1. The van der Waals surface area contributed by atoms with E-state index in [2.05, 4.69) is 5.32 Å². The van der Waals surface area contributed by atoms with Crippen LogP contribution >= 0.6 is 0 Å². The number of hydrogen-bond donors (Lipinski definition) is 2. The van der Waals surface area contributed by atoms with Crippen LogP contribution in [0.15, 0.2) is 48.5 Å². The van der Waals surface area contributed by atoms with Gasteiger partial charge in [-0.3, -0.25) is 4.79 Å². The molecule has 21 heavy (non-hydrogen) atoms. The molecule has 0 saturated heterocycles. The Kier molecular flexibility index (Phi) is 9.55. The first-order valence-electron chi connectivity index (χ1n) is 5.73. The number of aliphatic hydroxyl groups excluding tert-OH is 1. The normalized spacial score (nSPS) is 9.00. The number of nitrogens with one attached hydrogen (secondary N) is 1. The van der Waals surface area contributed by atoms with Crippen LogP contribution in [0, 0.1) is 0 Å². The standard InChI is InChI=1S/C15H12NO3.K.H2O/c17-9-11-5-7-12(8-6-11)15(19)16-14-4-2-1-3-13(14)10-18;;/h1-8,18H,10H2,(H,16,19);;1H2/q-1;+1;/p-1. The topological polar surface area (TPSA) is 96.4 Å². The number of rotatable bonds is 4. The first kappa shape index (κ1) is 20.1. The molecule has 0 aromatic heterocycles. The van der Waals surface area contributed by atoms with Crippen molar-refractivity contribution in [2.24, 2.45) is 0 Å². The van der Waals surface area contributed by atoms with E-state index in [0.29, 0.717) is 22.4 Å². The molecule has 0 heterocycles. The molecule has 0 aliphatic heterocycles. The second-order valence-electron chi connectivity index (χ2n) is 3.95. The first-order valence-corrected chi connectivity index (χ1v) is 5.73. The van der Waals surface area contributed by atoms with Crippen molar-refractivity contribution in [2.45, 2.75) is 6.61 Å². The fourth-order valence-electron chi connectivity index (χ4n) is 1.66. The molecule has 2 rings (SSSR count). The van der Waals surface area contributed by atoms with Gasteiger partial charge in [0.2, 0.25) is 0 Å². The maximum atomic E-state index is 12.0. The van der Waals surface area contributed by atoms with Crippen LogP contribution in [0.5, 0.6) is 0 Å². The Morgan fingerprint density at radius 2 is 1.71 bits per heavy atom. The number of hydrogen-bond acceptors (Lipinski definition) is 4. The van der Waals surface area contributed by atoms with E-state index in [4.69, 9.17) is 0 Å². The van der Waals surface area contributed by atoms with Gasteiger partial charge in [-0.05, 0) is 6.07 Å². The SMILES string of the molecule is O=[C-]c1ccc(C(=O)Nc2ccccc2CO)cc1.[K+].[OH-]. The molecule has 0 fully saturated rings. The van der Waals surface area contributed by atoms with E-state index < -0.39 is 0 Å². The zero-order chi connectivity index (χ0) is 13.7. The van der Waals surface area contributed by atoms with Crippen molar-refractivity contribution in [3.63, 3.8) is 0 Å². The molecule has 0 bridgehead atoms. The number of carbonyl (C=O) groups is 1. The third-order valence-corrected chi connectivity index (χ3v) is 2.70. The summed E-state index contributed by atoms with van der Waals surface area (Å²) in [5, 5.41) is 11.9. The molecule has 0 spiro atoms. The van der Waals surface area contributed by atoms with Crippen LogP contribution in [0.25, 0.3) is 0 Å². The molecule has 3 N–H and O–H groups in total. The quantitative estimate of drug-likeness (QED) is 0.543. The van der Waals surface area contributed by atoms with Crippen molar-refractivity contribution in [2.75, 3.05) is 5.32 Å². The van der Waals surface area contributed by atoms with Gasteiger partial charge in [-0.2, -0.15) is 17.7 Å². The van der Waals surface area contributed by atoms with E-state index in [1.54, 1.807) is 42.7 Å². The second kappa shape index (κ2) is 9.96. The number of amides is 1. The Bertz CT molecular complexity index is 599.